The minimum atomic E-state index is -0.792. The van der Waals surface area contributed by atoms with E-state index >= 15 is 0 Å². The van der Waals surface area contributed by atoms with Gasteiger partial charge in [0.25, 0.3) is 0 Å². The summed E-state index contributed by atoms with van der Waals surface area (Å²) < 4.78 is 11.2. The Morgan fingerprint density at radius 2 is 1.77 bits per heavy atom. The Labute approximate surface area is 236 Å². The Balaban J connectivity index is 1.78. The highest BCUT2D eigenvalue weighted by atomic mass is 16.5. The molecule has 4 atom stereocenters. The summed E-state index contributed by atoms with van der Waals surface area (Å²) in [5.74, 6) is -1.69. The molecule has 0 saturated carbocycles. The Morgan fingerprint density at radius 3 is 2.42 bits per heavy atom. The lowest BCUT2D eigenvalue weighted by atomic mass is 9.92. The molecule has 3 rings (SSSR count). The molecule has 2 aromatic rings. The fourth-order valence-electron chi connectivity index (χ4n) is 4.99. The lowest BCUT2D eigenvalue weighted by Gasteiger charge is -2.37. The monoisotopic (exact) mass is 548 g/mol. The SMILES string of the molecule is C=CCCC(=O)O[C@@H](c1ccccc1)[C@H](COC)NC(=O)[C@@H](CC=C)CC(=O)N1Cc2ccccc2C[C@H]1CO. The van der Waals surface area contributed by atoms with E-state index in [9.17, 15) is 19.5 Å². The van der Waals surface area contributed by atoms with Gasteiger partial charge in [0.05, 0.1) is 31.2 Å². The third-order valence-electron chi connectivity index (χ3n) is 7.11. The van der Waals surface area contributed by atoms with E-state index in [4.69, 9.17) is 9.47 Å². The molecule has 0 spiro atoms. The molecular weight excluding hydrogens is 508 g/mol. The van der Waals surface area contributed by atoms with Crippen molar-refractivity contribution in [2.24, 2.45) is 5.92 Å². The fraction of sp³-hybridized carbons (Fsp3) is 0.406. The zero-order chi connectivity index (χ0) is 28.9. The average molecular weight is 549 g/mol. The molecule has 1 heterocycles. The molecule has 40 heavy (non-hydrogen) atoms. The van der Waals surface area contributed by atoms with Gasteiger partial charge in [-0.1, -0.05) is 66.7 Å². The third kappa shape index (κ3) is 8.37. The topological polar surface area (TPSA) is 105 Å². The fourth-order valence-corrected chi connectivity index (χ4v) is 4.99. The Morgan fingerprint density at radius 1 is 1.07 bits per heavy atom. The standard InChI is InChI=1S/C32H40N2O6/c1-4-6-17-30(37)40-31(23-13-8-7-9-14-23)28(22-39-3)33-32(38)25(12-5-2)19-29(36)34-20-26-16-11-10-15-24(26)18-27(34)21-35/h4-5,7-11,13-16,25,27-28,31,35H,1-2,6,12,17-22H2,3H3,(H,33,38)/t25-,27-,28-,31-/m0/s1. The number of amides is 2. The first kappa shape index (κ1) is 30.8. The van der Waals surface area contributed by atoms with Crippen LogP contribution in [0.4, 0.5) is 0 Å². The van der Waals surface area contributed by atoms with Crippen LogP contribution in [0.15, 0.2) is 79.9 Å². The van der Waals surface area contributed by atoms with Crippen LogP contribution in [0.1, 0.15) is 48.5 Å². The van der Waals surface area contributed by atoms with Crippen molar-refractivity contribution in [1.29, 1.82) is 0 Å². The maximum absolute atomic E-state index is 13.6. The number of aliphatic hydroxyl groups excluding tert-OH is 1. The third-order valence-corrected chi connectivity index (χ3v) is 7.11. The highest BCUT2D eigenvalue weighted by Crippen LogP contribution is 2.27. The number of rotatable bonds is 15. The van der Waals surface area contributed by atoms with Gasteiger partial charge in [0.2, 0.25) is 11.8 Å². The quantitative estimate of drug-likeness (QED) is 0.258. The van der Waals surface area contributed by atoms with Crippen molar-refractivity contribution in [2.75, 3.05) is 20.3 Å². The van der Waals surface area contributed by atoms with E-state index in [1.54, 1.807) is 17.1 Å². The van der Waals surface area contributed by atoms with Gasteiger partial charge in [0, 0.05) is 26.5 Å². The smallest absolute Gasteiger partial charge is 0.306 e. The van der Waals surface area contributed by atoms with Crippen LogP contribution in [0, 0.1) is 5.92 Å². The number of hydrogen-bond donors (Lipinski definition) is 2. The summed E-state index contributed by atoms with van der Waals surface area (Å²) in [7, 11) is 1.51. The summed E-state index contributed by atoms with van der Waals surface area (Å²) in [6.45, 7) is 7.74. The number of hydrogen-bond acceptors (Lipinski definition) is 6. The molecule has 2 amide bonds. The van der Waals surface area contributed by atoms with Gasteiger partial charge in [-0.2, -0.15) is 0 Å². The van der Waals surface area contributed by atoms with Gasteiger partial charge in [0.15, 0.2) is 0 Å². The van der Waals surface area contributed by atoms with Gasteiger partial charge in [-0.3, -0.25) is 14.4 Å². The van der Waals surface area contributed by atoms with Crippen molar-refractivity contribution < 1.29 is 29.0 Å². The molecule has 8 nitrogen and oxygen atoms in total. The highest BCUT2D eigenvalue weighted by molar-refractivity contribution is 5.86. The van der Waals surface area contributed by atoms with Crippen LogP contribution in [0.2, 0.25) is 0 Å². The van der Waals surface area contributed by atoms with Crippen molar-refractivity contribution in [3.8, 4) is 0 Å². The van der Waals surface area contributed by atoms with E-state index in [0.29, 0.717) is 24.9 Å². The molecule has 0 aliphatic carbocycles. The number of ether oxygens (including phenoxy) is 2. The van der Waals surface area contributed by atoms with Crippen molar-refractivity contribution in [2.45, 2.75) is 56.8 Å². The minimum absolute atomic E-state index is 0.0502. The number of fused-ring (bicyclic) bond motifs is 1. The number of esters is 1. The van der Waals surface area contributed by atoms with Crippen molar-refractivity contribution in [3.63, 3.8) is 0 Å². The van der Waals surface area contributed by atoms with E-state index < -0.39 is 24.0 Å². The first-order chi connectivity index (χ1) is 19.4. The molecule has 0 aromatic heterocycles. The van der Waals surface area contributed by atoms with Crippen LogP contribution in [0.3, 0.4) is 0 Å². The number of carbonyl (C=O) groups is 3. The highest BCUT2D eigenvalue weighted by Gasteiger charge is 2.34. The number of benzene rings is 2. The number of aliphatic hydroxyl groups is 1. The molecule has 0 radical (unpaired) electrons. The van der Waals surface area contributed by atoms with Gasteiger partial charge >= 0.3 is 5.97 Å². The molecule has 8 heteroatoms. The molecule has 0 saturated heterocycles. The summed E-state index contributed by atoms with van der Waals surface area (Å²) >= 11 is 0. The zero-order valence-corrected chi connectivity index (χ0v) is 23.2. The molecule has 0 fully saturated rings. The van der Waals surface area contributed by atoms with Crippen LogP contribution >= 0.6 is 0 Å². The first-order valence-electron chi connectivity index (χ1n) is 13.6. The predicted octanol–water partition coefficient (Wildman–Crippen LogP) is 3.90. The summed E-state index contributed by atoms with van der Waals surface area (Å²) in [5.41, 5.74) is 2.86. The summed E-state index contributed by atoms with van der Waals surface area (Å²) in [5, 5.41) is 13.0. The second kappa shape index (κ2) is 15.7. The maximum Gasteiger partial charge on any atom is 0.306 e. The van der Waals surface area contributed by atoms with Crippen LogP contribution in [-0.4, -0.2) is 60.2 Å². The van der Waals surface area contributed by atoms with Gasteiger partial charge in [-0.05, 0) is 36.0 Å². The zero-order valence-electron chi connectivity index (χ0n) is 23.2. The molecule has 0 unspecified atom stereocenters. The molecular formula is C32H40N2O6. The minimum Gasteiger partial charge on any atom is -0.455 e. The van der Waals surface area contributed by atoms with Crippen LogP contribution in [-0.2, 0) is 36.8 Å². The number of nitrogens with one attached hydrogen (secondary N) is 1. The molecule has 214 valence electrons. The van der Waals surface area contributed by atoms with E-state index in [-0.39, 0.29) is 50.3 Å². The molecule has 1 aliphatic heterocycles. The number of methoxy groups -OCH3 is 1. The summed E-state index contributed by atoms with van der Waals surface area (Å²) in [6, 6.07) is 16.0. The largest absolute Gasteiger partial charge is 0.455 e. The van der Waals surface area contributed by atoms with Gasteiger partial charge in [-0.15, -0.1) is 13.2 Å². The molecule has 2 N–H and O–H groups in total. The Hall–Kier alpha value is -3.75. The van der Waals surface area contributed by atoms with Crippen LogP contribution < -0.4 is 5.32 Å². The second-order valence-corrected chi connectivity index (χ2v) is 9.98. The van der Waals surface area contributed by atoms with Crippen molar-refractivity contribution in [3.05, 3.63) is 96.6 Å². The van der Waals surface area contributed by atoms with Crippen molar-refractivity contribution >= 4 is 17.8 Å². The number of allylic oxidation sites excluding steroid dienone is 2. The van der Waals surface area contributed by atoms with Crippen LogP contribution in [0.25, 0.3) is 0 Å². The normalized spacial score (nSPS) is 16.6. The van der Waals surface area contributed by atoms with Gasteiger partial charge in [0.1, 0.15) is 6.10 Å². The molecule has 2 aromatic carbocycles. The summed E-state index contributed by atoms with van der Waals surface area (Å²) in [4.78, 5) is 41.3. The van der Waals surface area contributed by atoms with E-state index in [2.05, 4.69) is 18.5 Å². The molecule has 0 bridgehead atoms. The number of nitrogens with zero attached hydrogens (tertiary/aromatic N) is 1. The van der Waals surface area contributed by atoms with Gasteiger partial charge < -0.3 is 24.8 Å². The van der Waals surface area contributed by atoms with E-state index in [0.717, 1.165) is 11.1 Å². The molecule has 1 aliphatic rings. The van der Waals surface area contributed by atoms with Crippen molar-refractivity contribution in [1.82, 2.24) is 10.2 Å². The Bertz CT molecular complexity index is 1150. The second-order valence-electron chi connectivity index (χ2n) is 9.98. The predicted molar refractivity (Wildman–Crippen MR) is 153 cm³/mol. The van der Waals surface area contributed by atoms with Gasteiger partial charge in [-0.25, -0.2) is 0 Å². The lowest BCUT2D eigenvalue weighted by molar-refractivity contribution is -0.153. The number of carbonyl (C=O) groups excluding carboxylic acids is 3. The van der Waals surface area contributed by atoms with Crippen LogP contribution in [0.5, 0.6) is 0 Å². The summed E-state index contributed by atoms with van der Waals surface area (Å²) in [6.07, 6.45) is 3.89. The average Bonchev–Trinajstić information content (AvgIpc) is 2.98. The maximum atomic E-state index is 13.6. The Kier molecular flexibility index (Phi) is 12.1. The van der Waals surface area contributed by atoms with E-state index in [1.807, 2.05) is 54.6 Å². The van der Waals surface area contributed by atoms with E-state index in [1.165, 1.54) is 7.11 Å². The lowest BCUT2D eigenvalue weighted by Crippen LogP contribution is -2.49. The first-order valence-corrected chi connectivity index (χ1v) is 13.6.